The van der Waals surface area contributed by atoms with Gasteiger partial charge in [0.25, 0.3) is 0 Å². The number of carboxylic acids is 1. The Morgan fingerprint density at radius 2 is 1.81 bits per heavy atom. The van der Waals surface area contributed by atoms with Gasteiger partial charge in [-0.05, 0) is 61.7 Å². The number of carboxylic acid groups (broad SMARTS) is 1. The van der Waals surface area contributed by atoms with E-state index in [9.17, 15) is 4.79 Å². The van der Waals surface area contributed by atoms with Crippen LogP contribution in [0.5, 0.6) is 11.5 Å². The number of hydrogen-bond donors (Lipinski definition) is 1. The fourth-order valence-corrected chi connectivity index (χ4v) is 3.05. The van der Waals surface area contributed by atoms with E-state index in [1.165, 1.54) is 6.07 Å². The minimum Gasteiger partial charge on any atom is -0.497 e. The van der Waals surface area contributed by atoms with E-state index in [1.807, 2.05) is 24.3 Å². The number of methoxy groups -OCH3 is 1. The van der Waals surface area contributed by atoms with Crippen molar-refractivity contribution in [3.8, 4) is 11.5 Å². The summed E-state index contributed by atoms with van der Waals surface area (Å²) in [5.74, 6) is 0.225. The maximum Gasteiger partial charge on any atom is 0.336 e. The molecule has 0 saturated heterocycles. The molecule has 0 aliphatic rings. The van der Waals surface area contributed by atoms with E-state index in [2.05, 4.69) is 31.9 Å². The molecule has 0 amide bonds. The lowest BCUT2D eigenvalue weighted by molar-refractivity contribution is 0.0695. The van der Waals surface area contributed by atoms with Crippen molar-refractivity contribution in [3.05, 3.63) is 56.5 Å². The summed E-state index contributed by atoms with van der Waals surface area (Å²) >= 11 is 6.63. The van der Waals surface area contributed by atoms with E-state index in [-0.39, 0.29) is 5.56 Å². The third kappa shape index (κ3) is 3.77. The zero-order valence-corrected chi connectivity index (χ0v) is 14.3. The van der Waals surface area contributed by atoms with Gasteiger partial charge in [0.15, 0.2) is 0 Å². The van der Waals surface area contributed by atoms with E-state index in [4.69, 9.17) is 14.6 Å². The summed E-state index contributed by atoms with van der Waals surface area (Å²) in [5.41, 5.74) is 1.11. The highest BCUT2D eigenvalue weighted by molar-refractivity contribution is 9.11. The molecule has 21 heavy (non-hydrogen) atoms. The molecular weight excluding hydrogens is 404 g/mol. The van der Waals surface area contributed by atoms with Crippen LogP contribution in [0, 0.1) is 0 Å². The number of ether oxygens (including phenoxy) is 2. The van der Waals surface area contributed by atoms with Gasteiger partial charge in [-0.3, -0.25) is 0 Å². The van der Waals surface area contributed by atoms with Crippen molar-refractivity contribution in [1.82, 2.24) is 0 Å². The summed E-state index contributed by atoms with van der Waals surface area (Å²) in [7, 11) is 1.61. The summed E-state index contributed by atoms with van der Waals surface area (Å²) in [6.45, 7) is 0.324. The third-order valence-electron chi connectivity index (χ3n) is 2.82. The largest absolute Gasteiger partial charge is 0.497 e. The minimum absolute atomic E-state index is 0.155. The zero-order chi connectivity index (χ0) is 15.4. The van der Waals surface area contributed by atoms with Crippen LogP contribution in [0.3, 0.4) is 0 Å². The van der Waals surface area contributed by atoms with Gasteiger partial charge in [-0.25, -0.2) is 4.79 Å². The first-order valence-corrected chi connectivity index (χ1v) is 7.58. The molecule has 0 aromatic heterocycles. The zero-order valence-electron chi connectivity index (χ0n) is 11.1. The normalized spacial score (nSPS) is 10.2. The Labute approximate surface area is 139 Å². The van der Waals surface area contributed by atoms with Gasteiger partial charge in [0, 0.05) is 0 Å². The smallest absolute Gasteiger partial charge is 0.336 e. The van der Waals surface area contributed by atoms with E-state index in [1.54, 1.807) is 13.2 Å². The number of rotatable bonds is 5. The average molecular weight is 416 g/mol. The molecule has 2 aromatic carbocycles. The molecule has 2 rings (SSSR count). The number of aromatic carboxylic acids is 1. The predicted octanol–water partition coefficient (Wildman–Crippen LogP) is 4.50. The van der Waals surface area contributed by atoms with Gasteiger partial charge >= 0.3 is 5.97 Å². The van der Waals surface area contributed by atoms with E-state index < -0.39 is 5.97 Å². The first kappa shape index (κ1) is 15.9. The van der Waals surface area contributed by atoms with Crippen LogP contribution < -0.4 is 9.47 Å². The third-order valence-corrected chi connectivity index (χ3v) is 4.23. The molecule has 6 heteroatoms. The summed E-state index contributed by atoms with van der Waals surface area (Å²) in [6.07, 6.45) is 0. The van der Waals surface area contributed by atoms with Crippen molar-refractivity contribution < 1.29 is 19.4 Å². The summed E-state index contributed by atoms with van der Waals surface area (Å²) < 4.78 is 11.9. The van der Waals surface area contributed by atoms with Crippen LogP contribution >= 0.6 is 31.9 Å². The fraction of sp³-hybridized carbons (Fsp3) is 0.133. The second-order valence-corrected chi connectivity index (χ2v) is 5.83. The van der Waals surface area contributed by atoms with Crippen molar-refractivity contribution in [1.29, 1.82) is 0 Å². The molecule has 0 spiro atoms. The van der Waals surface area contributed by atoms with Crippen LogP contribution in [0.15, 0.2) is 45.3 Å². The number of halogens is 2. The van der Waals surface area contributed by atoms with Crippen LogP contribution in [0.2, 0.25) is 0 Å². The quantitative estimate of drug-likeness (QED) is 0.781. The molecule has 0 aliphatic heterocycles. The van der Waals surface area contributed by atoms with Crippen LogP contribution in [0.1, 0.15) is 15.9 Å². The Hall–Kier alpha value is -1.53. The highest BCUT2D eigenvalue weighted by Crippen LogP contribution is 2.36. The fourth-order valence-electron chi connectivity index (χ4n) is 1.71. The lowest BCUT2D eigenvalue weighted by atomic mass is 10.2. The van der Waals surface area contributed by atoms with E-state index in [0.717, 1.165) is 11.3 Å². The molecule has 0 fully saturated rings. The molecule has 0 aliphatic carbocycles. The average Bonchev–Trinajstić information content (AvgIpc) is 2.47. The monoisotopic (exact) mass is 414 g/mol. The maximum absolute atomic E-state index is 11.1. The number of hydrogen-bond acceptors (Lipinski definition) is 3. The molecule has 0 radical (unpaired) electrons. The number of benzene rings is 2. The van der Waals surface area contributed by atoms with Crippen molar-refractivity contribution in [2.45, 2.75) is 6.61 Å². The SMILES string of the molecule is COc1ccc(COc2c(Br)ccc(C(=O)O)c2Br)cc1. The Bertz CT molecular complexity index is 653. The second-order valence-electron chi connectivity index (χ2n) is 4.18. The van der Waals surface area contributed by atoms with Crippen LogP contribution in [-0.2, 0) is 6.61 Å². The first-order valence-electron chi connectivity index (χ1n) is 6.00. The van der Waals surface area contributed by atoms with Gasteiger partial charge in [-0.15, -0.1) is 0 Å². The Morgan fingerprint density at radius 3 is 2.38 bits per heavy atom. The van der Waals surface area contributed by atoms with Gasteiger partial charge in [0.05, 0.1) is 21.6 Å². The molecule has 110 valence electrons. The van der Waals surface area contributed by atoms with Crippen molar-refractivity contribution in [2.24, 2.45) is 0 Å². The lowest BCUT2D eigenvalue weighted by Gasteiger charge is -2.12. The molecule has 4 nitrogen and oxygen atoms in total. The van der Waals surface area contributed by atoms with Gasteiger partial charge in [-0.1, -0.05) is 12.1 Å². The first-order chi connectivity index (χ1) is 10.0. The topological polar surface area (TPSA) is 55.8 Å². The van der Waals surface area contributed by atoms with Crippen LogP contribution in [-0.4, -0.2) is 18.2 Å². The van der Waals surface area contributed by atoms with Crippen molar-refractivity contribution in [2.75, 3.05) is 7.11 Å². The maximum atomic E-state index is 11.1. The Morgan fingerprint density at radius 1 is 1.14 bits per heavy atom. The molecule has 0 atom stereocenters. The molecule has 2 aromatic rings. The van der Waals surface area contributed by atoms with E-state index >= 15 is 0 Å². The Kier molecular flexibility index (Phi) is 5.25. The predicted molar refractivity (Wildman–Crippen MR) is 86.1 cm³/mol. The van der Waals surface area contributed by atoms with Gasteiger partial charge in [0.1, 0.15) is 18.1 Å². The van der Waals surface area contributed by atoms with Crippen LogP contribution in [0.4, 0.5) is 0 Å². The molecule has 0 unspecified atom stereocenters. The lowest BCUT2D eigenvalue weighted by Crippen LogP contribution is -2.02. The van der Waals surface area contributed by atoms with Crippen LogP contribution in [0.25, 0.3) is 0 Å². The summed E-state index contributed by atoms with van der Waals surface area (Å²) in [6, 6.07) is 10.6. The van der Waals surface area contributed by atoms with Gasteiger partial charge in [-0.2, -0.15) is 0 Å². The molecular formula is C15H12Br2O4. The minimum atomic E-state index is -1.01. The molecule has 0 saturated carbocycles. The summed E-state index contributed by atoms with van der Waals surface area (Å²) in [5, 5.41) is 9.11. The van der Waals surface area contributed by atoms with Crippen molar-refractivity contribution in [3.63, 3.8) is 0 Å². The molecule has 1 N–H and O–H groups in total. The Balaban J connectivity index is 2.19. The second kappa shape index (κ2) is 6.95. The highest BCUT2D eigenvalue weighted by atomic mass is 79.9. The molecule has 0 heterocycles. The van der Waals surface area contributed by atoms with E-state index in [0.29, 0.717) is 21.3 Å². The molecule has 0 bridgehead atoms. The highest BCUT2D eigenvalue weighted by Gasteiger charge is 2.16. The summed E-state index contributed by atoms with van der Waals surface area (Å²) in [4.78, 5) is 11.1. The van der Waals surface area contributed by atoms with Gasteiger partial charge in [0.2, 0.25) is 0 Å². The van der Waals surface area contributed by atoms with Gasteiger partial charge < -0.3 is 14.6 Å². The van der Waals surface area contributed by atoms with Crippen molar-refractivity contribution >= 4 is 37.8 Å². The standard InChI is InChI=1S/C15H12Br2O4/c1-20-10-4-2-9(3-5-10)8-21-14-12(16)7-6-11(13(14)17)15(18)19/h2-7H,8H2,1H3,(H,18,19). The number of carbonyl (C=O) groups is 1.